The van der Waals surface area contributed by atoms with Crippen LogP contribution in [0.2, 0.25) is 0 Å². The van der Waals surface area contributed by atoms with Crippen LogP contribution in [0, 0.1) is 5.13 Å². The van der Waals surface area contributed by atoms with Crippen LogP contribution in [-0.2, 0) is 14.4 Å². The number of nitrogens with zero attached hydrogens (tertiary/aromatic N) is 2. The molecule has 8 nitrogen and oxygen atoms in total. The molecule has 0 bridgehead atoms. The number of carbonyl (C=O) groups excluding carboxylic acids is 1. The molecule has 0 radical (unpaired) electrons. The Bertz CT molecular complexity index is 728. The summed E-state index contributed by atoms with van der Waals surface area (Å²) in [4.78, 5) is 22.1. The molecular formula is C20H33FN4O4S2. The summed E-state index contributed by atoms with van der Waals surface area (Å²) in [6.45, 7) is 6.77. The number of amides is 1. The maximum atomic E-state index is 13.0. The Morgan fingerprint density at radius 2 is 1.87 bits per heavy atom. The highest BCUT2D eigenvalue weighted by molar-refractivity contribution is 7.80. The fourth-order valence-electron chi connectivity index (χ4n) is 1.69. The maximum absolute atomic E-state index is 13.0. The second-order valence-electron chi connectivity index (χ2n) is 4.91. The van der Waals surface area contributed by atoms with Crippen LogP contribution < -0.4 is 11.1 Å². The molecule has 1 amide bonds. The Morgan fingerprint density at radius 3 is 2.35 bits per heavy atom. The molecule has 0 saturated heterocycles. The zero-order valence-electron chi connectivity index (χ0n) is 18.6. The number of aliphatic hydroxyl groups is 1. The van der Waals surface area contributed by atoms with E-state index in [2.05, 4.69) is 33.8 Å². The van der Waals surface area contributed by atoms with Gasteiger partial charge in [-0.15, -0.1) is 12.6 Å². The molecule has 0 aliphatic carbocycles. The van der Waals surface area contributed by atoms with Crippen LogP contribution in [0.4, 0.5) is 9.52 Å². The molecule has 0 spiro atoms. The van der Waals surface area contributed by atoms with Gasteiger partial charge in [-0.25, -0.2) is 4.98 Å². The first-order valence-corrected chi connectivity index (χ1v) is 10.9. The molecule has 0 atom stereocenters. The van der Waals surface area contributed by atoms with Gasteiger partial charge in [0.2, 0.25) is 0 Å². The van der Waals surface area contributed by atoms with Gasteiger partial charge in [-0.05, 0) is 26.1 Å². The Kier molecular flexibility index (Phi) is 21.3. The lowest BCUT2D eigenvalue weighted by Gasteiger charge is -2.07. The third kappa shape index (κ3) is 14.6. The quantitative estimate of drug-likeness (QED) is 0.200. The molecule has 2 aromatic rings. The molecule has 0 unspecified atom stereocenters. The number of nitrogens with one attached hydrogen (secondary N) is 1. The largest absolute Gasteiger partial charge is 0.397 e. The van der Waals surface area contributed by atoms with Crippen LogP contribution in [0.25, 0.3) is 0 Å². The first kappa shape index (κ1) is 31.1. The highest BCUT2D eigenvalue weighted by Gasteiger charge is 2.17. The number of carbonyl (C=O) groups is 1. The van der Waals surface area contributed by atoms with E-state index >= 15 is 0 Å². The molecule has 176 valence electrons. The Morgan fingerprint density at radius 1 is 1.29 bits per heavy atom. The molecule has 0 fully saturated rings. The highest BCUT2D eigenvalue weighted by atomic mass is 32.1. The molecule has 31 heavy (non-hydrogen) atoms. The number of aromatic nitrogens is 1. The van der Waals surface area contributed by atoms with Crippen LogP contribution >= 0.6 is 24.0 Å². The molecular weight excluding hydrogens is 443 g/mol. The number of rotatable bonds is 8. The molecule has 1 aromatic heterocycles. The van der Waals surface area contributed by atoms with E-state index in [1.807, 2.05) is 13.8 Å². The number of benzene rings is 1. The fraction of sp³-hybridized carbons (Fsp3) is 0.450. The van der Waals surface area contributed by atoms with Crippen molar-refractivity contribution >= 4 is 40.7 Å². The van der Waals surface area contributed by atoms with Crippen molar-refractivity contribution in [3.05, 3.63) is 41.2 Å². The topological polar surface area (TPSA) is 119 Å². The lowest BCUT2D eigenvalue weighted by atomic mass is 10.1. The van der Waals surface area contributed by atoms with Gasteiger partial charge in [0.25, 0.3) is 5.91 Å². The summed E-state index contributed by atoms with van der Waals surface area (Å²) in [5.41, 5.74) is 5.12. The number of oxime groups is 1. The normalized spacial score (nSPS) is 9.77. The van der Waals surface area contributed by atoms with Crippen molar-refractivity contribution < 1.29 is 23.9 Å². The minimum atomic E-state index is -0.539. The SMILES string of the molecule is CC.CCO.CN.COCCCO/N=C(/C(=O)Nc1ncc(F)s1)c1ccc(S)cc1. The summed E-state index contributed by atoms with van der Waals surface area (Å²) in [5.74, 6) is -0.539. The fourth-order valence-corrected chi connectivity index (χ4v) is 2.38. The van der Waals surface area contributed by atoms with Gasteiger partial charge >= 0.3 is 0 Å². The van der Waals surface area contributed by atoms with Crippen molar-refractivity contribution in [1.29, 1.82) is 0 Å². The number of thiazole rings is 1. The predicted octanol–water partition coefficient (Wildman–Crippen LogP) is 3.57. The molecule has 4 N–H and O–H groups in total. The second kappa shape index (κ2) is 21.2. The van der Waals surface area contributed by atoms with Crippen molar-refractivity contribution in [2.24, 2.45) is 10.9 Å². The standard InChI is InChI=1S/C15H16FN3O3S2.C2H6O.C2H6.CH5N/c1-21-7-2-8-22-19-13(10-3-5-11(23)6-4-10)14(20)18-15-17-9-12(16)24-15;1-2-3;2*1-2/h3-6,9,23H,2,7-8H2,1H3,(H,17,18,20);3H,2H2,1H3;1-2H3;2H2,1H3/b19-13+;;;. The molecule has 0 aliphatic rings. The molecule has 0 saturated carbocycles. The van der Waals surface area contributed by atoms with Gasteiger partial charge in [0, 0.05) is 37.2 Å². The van der Waals surface area contributed by atoms with E-state index in [4.69, 9.17) is 14.7 Å². The summed E-state index contributed by atoms with van der Waals surface area (Å²) < 4.78 is 17.9. The number of halogens is 1. The molecule has 1 aromatic carbocycles. The van der Waals surface area contributed by atoms with Crippen LogP contribution in [0.15, 0.2) is 40.5 Å². The summed E-state index contributed by atoms with van der Waals surface area (Å²) >= 11 is 4.94. The predicted molar refractivity (Wildman–Crippen MR) is 128 cm³/mol. The van der Waals surface area contributed by atoms with Crippen molar-refractivity contribution in [1.82, 2.24) is 4.98 Å². The van der Waals surface area contributed by atoms with E-state index in [-0.39, 0.29) is 17.5 Å². The third-order valence-electron chi connectivity index (χ3n) is 2.79. The van der Waals surface area contributed by atoms with Crippen LogP contribution in [-0.4, -0.2) is 55.7 Å². The highest BCUT2D eigenvalue weighted by Crippen LogP contribution is 2.17. The maximum Gasteiger partial charge on any atom is 0.280 e. The van der Waals surface area contributed by atoms with Gasteiger partial charge in [-0.3, -0.25) is 10.1 Å². The summed E-state index contributed by atoms with van der Waals surface area (Å²) in [6.07, 6.45) is 1.68. The number of thiol groups is 1. The van der Waals surface area contributed by atoms with Crippen LogP contribution in [0.5, 0.6) is 0 Å². The van der Waals surface area contributed by atoms with Crippen molar-refractivity contribution in [3.63, 3.8) is 0 Å². The number of aliphatic hydroxyl groups excluding tert-OH is 1. The van der Waals surface area contributed by atoms with Crippen molar-refractivity contribution in [2.75, 3.05) is 39.3 Å². The van der Waals surface area contributed by atoms with E-state index < -0.39 is 11.0 Å². The van der Waals surface area contributed by atoms with Crippen molar-refractivity contribution in [2.45, 2.75) is 32.1 Å². The Labute approximate surface area is 193 Å². The zero-order valence-corrected chi connectivity index (χ0v) is 20.3. The first-order valence-electron chi connectivity index (χ1n) is 9.61. The third-order valence-corrected chi connectivity index (χ3v) is 3.79. The number of hydrogen-bond donors (Lipinski definition) is 4. The van der Waals surface area contributed by atoms with E-state index in [1.165, 1.54) is 7.05 Å². The molecule has 2 rings (SSSR count). The van der Waals surface area contributed by atoms with Crippen molar-refractivity contribution in [3.8, 4) is 0 Å². The van der Waals surface area contributed by atoms with E-state index in [9.17, 15) is 9.18 Å². The smallest absolute Gasteiger partial charge is 0.280 e. The van der Waals surface area contributed by atoms with E-state index in [1.54, 1.807) is 38.3 Å². The Balaban J connectivity index is 0. The van der Waals surface area contributed by atoms with Crippen LogP contribution in [0.3, 0.4) is 0 Å². The number of hydrogen-bond acceptors (Lipinski definition) is 9. The van der Waals surface area contributed by atoms with E-state index in [0.717, 1.165) is 22.4 Å². The average molecular weight is 477 g/mol. The lowest BCUT2D eigenvalue weighted by Crippen LogP contribution is -2.24. The zero-order chi connectivity index (χ0) is 24.1. The van der Waals surface area contributed by atoms with E-state index in [0.29, 0.717) is 25.2 Å². The number of anilines is 1. The number of nitrogens with two attached hydrogens (primary N) is 1. The molecule has 11 heteroatoms. The average Bonchev–Trinajstić information content (AvgIpc) is 3.19. The second-order valence-corrected chi connectivity index (χ2v) is 6.40. The molecule has 1 heterocycles. The molecule has 0 aliphatic heterocycles. The van der Waals surface area contributed by atoms with Gasteiger partial charge < -0.3 is 20.4 Å². The lowest BCUT2D eigenvalue weighted by molar-refractivity contribution is -0.110. The van der Waals surface area contributed by atoms with Gasteiger partial charge in [0.05, 0.1) is 6.20 Å². The minimum Gasteiger partial charge on any atom is -0.397 e. The van der Waals surface area contributed by atoms with Gasteiger partial charge in [-0.2, -0.15) is 4.39 Å². The Hall–Kier alpha value is -2.05. The summed E-state index contributed by atoms with van der Waals surface area (Å²) in [5, 5.41) is 13.6. The first-order chi connectivity index (χ1) is 15.0. The minimum absolute atomic E-state index is 0.0661. The van der Waals surface area contributed by atoms with Gasteiger partial charge in [0.15, 0.2) is 16.0 Å². The summed E-state index contributed by atoms with van der Waals surface area (Å²) in [7, 11) is 3.09. The van der Waals surface area contributed by atoms with Gasteiger partial charge in [-0.1, -0.05) is 42.5 Å². The van der Waals surface area contributed by atoms with Gasteiger partial charge in [0.1, 0.15) is 6.61 Å². The number of ether oxygens (including phenoxy) is 1. The van der Waals surface area contributed by atoms with Crippen LogP contribution in [0.1, 0.15) is 32.8 Å². The monoisotopic (exact) mass is 476 g/mol. The summed E-state index contributed by atoms with van der Waals surface area (Å²) in [6, 6.07) is 6.86. The number of methoxy groups -OCH3 is 1.